The second kappa shape index (κ2) is 4.39. The summed E-state index contributed by atoms with van der Waals surface area (Å²) in [6.07, 6.45) is 1.03. The van der Waals surface area contributed by atoms with Crippen molar-refractivity contribution in [1.29, 1.82) is 0 Å². The van der Waals surface area contributed by atoms with E-state index in [1.807, 2.05) is 0 Å². The molecule has 82 valence electrons. The van der Waals surface area contributed by atoms with Crippen molar-refractivity contribution >= 4 is 11.6 Å². The number of aromatic hydroxyl groups is 1. The summed E-state index contributed by atoms with van der Waals surface area (Å²) in [6, 6.07) is 5.40. The quantitative estimate of drug-likeness (QED) is 0.805. The fourth-order valence-corrected chi connectivity index (χ4v) is 2.12. The van der Waals surface area contributed by atoms with Gasteiger partial charge >= 0.3 is 0 Å². The number of nitrogens with zero attached hydrogens (tertiary/aromatic N) is 1. The lowest BCUT2D eigenvalue weighted by Crippen LogP contribution is -2.26. The molecule has 0 radical (unpaired) electrons. The van der Waals surface area contributed by atoms with Gasteiger partial charge in [-0.05, 0) is 24.6 Å². The summed E-state index contributed by atoms with van der Waals surface area (Å²) < 4.78 is 0. The molecule has 4 heteroatoms. The van der Waals surface area contributed by atoms with Crippen LogP contribution in [0.2, 0.25) is 5.02 Å². The molecule has 0 aromatic heterocycles. The average Bonchev–Trinajstić information content (AvgIpc) is 2.58. The molecule has 1 heterocycles. The van der Waals surface area contributed by atoms with Crippen LogP contribution in [0.15, 0.2) is 18.2 Å². The Kier molecular flexibility index (Phi) is 3.14. The molecule has 2 rings (SSSR count). The van der Waals surface area contributed by atoms with Crippen LogP contribution in [0, 0.1) is 0 Å². The highest BCUT2D eigenvalue weighted by atomic mass is 35.5. The van der Waals surface area contributed by atoms with Gasteiger partial charge < -0.3 is 10.8 Å². The standard InChI is InChI=1S/C11H15ClN2O/c12-9-1-2-11(15)8(5-9)6-14-4-3-10(13)7-14/h1-2,5,10,15H,3-4,6-7,13H2/t10-/m0/s1. The number of hydrogen-bond donors (Lipinski definition) is 2. The van der Waals surface area contributed by atoms with Crippen molar-refractivity contribution in [2.24, 2.45) is 5.73 Å². The summed E-state index contributed by atoms with van der Waals surface area (Å²) in [4.78, 5) is 2.23. The minimum Gasteiger partial charge on any atom is -0.508 e. The Morgan fingerprint density at radius 3 is 3.00 bits per heavy atom. The van der Waals surface area contributed by atoms with E-state index in [0.717, 1.165) is 31.6 Å². The predicted molar refractivity (Wildman–Crippen MR) is 61.0 cm³/mol. The molecule has 0 saturated carbocycles. The van der Waals surface area contributed by atoms with E-state index in [1.54, 1.807) is 18.2 Å². The van der Waals surface area contributed by atoms with Crippen molar-refractivity contribution in [3.8, 4) is 5.75 Å². The lowest BCUT2D eigenvalue weighted by atomic mass is 10.2. The zero-order valence-electron chi connectivity index (χ0n) is 8.49. The van der Waals surface area contributed by atoms with E-state index in [2.05, 4.69) is 4.90 Å². The summed E-state index contributed by atoms with van der Waals surface area (Å²) in [5.41, 5.74) is 6.69. The molecule has 15 heavy (non-hydrogen) atoms. The number of rotatable bonds is 2. The number of likely N-dealkylation sites (tertiary alicyclic amines) is 1. The number of hydrogen-bond acceptors (Lipinski definition) is 3. The number of benzene rings is 1. The summed E-state index contributed by atoms with van der Waals surface area (Å²) in [5.74, 6) is 0.305. The van der Waals surface area contributed by atoms with Crippen LogP contribution >= 0.6 is 11.6 Å². The van der Waals surface area contributed by atoms with E-state index < -0.39 is 0 Å². The molecule has 0 spiro atoms. The van der Waals surface area contributed by atoms with Crippen molar-refractivity contribution in [2.75, 3.05) is 13.1 Å². The van der Waals surface area contributed by atoms with Gasteiger partial charge in [-0.2, -0.15) is 0 Å². The topological polar surface area (TPSA) is 49.5 Å². The molecule has 3 nitrogen and oxygen atoms in total. The van der Waals surface area contributed by atoms with Crippen molar-refractivity contribution in [2.45, 2.75) is 19.0 Å². The van der Waals surface area contributed by atoms with Crippen LogP contribution in [0.4, 0.5) is 0 Å². The Hall–Kier alpha value is -0.770. The second-order valence-electron chi connectivity index (χ2n) is 4.06. The molecule has 3 N–H and O–H groups in total. The molecule has 0 amide bonds. The number of nitrogens with two attached hydrogens (primary N) is 1. The van der Waals surface area contributed by atoms with Gasteiger partial charge in [0.05, 0.1) is 0 Å². The molecular formula is C11H15ClN2O. The molecule has 0 unspecified atom stereocenters. The van der Waals surface area contributed by atoms with E-state index in [-0.39, 0.29) is 6.04 Å². The summed E-state index contributed by atoms with van der Waals surface area (Å²) in [5, 5.41) is 10.3. The molecule has 1 aliphatic rings. The van der Waals surface area contributed by atoms with Gasteiger partial charge in [0.1, 0.15) is 5.75 Å². The Balaban J connectivity index is 2.07. The van der Waals surface area contributed by atoms with E-state index in [0.29, 0.717) is 10.8 Å². The van der Waals surface area contributed by atoms with E-state index in [4.69, 9.17) is 17.3 Å². The van der Waals surface area contributed by atoms with Gasteiger partial charge in [0.25, 0.3) is 0 Å². The van der Waals surface area contributed by atoms with E-state index in [1.165, 1.54) is 0 Å². The summed E-state index contributed by atoms with van der Waals surface area (Å²) in [7, 11) is 0. The van der Waals surface area contributed by atoms with Gasteiger partial charge in [0, 0.05) is 36.3 Å². The Bertz CT molecular complexity index is 356. The lowest BCUT2D eigenvalue weighted by Gasteiger charge is -2.16. The highest BCUT2D eigenvalue weighted by Gasteiger charge is 2.19. The van der Waals surface area contributed by atoms with E-state index >= 15 is 0 Å². The molecule has 0 bridgehead atoms. The Morgan fingerprint density at radius 2 is 2.33 bits per heavy atom. The zero-order valence-corrected chi connectivity index (χ0v) is 9.24. The molecule has 1 fully saturated rings. The van der Waals surface area contributed by atoms with Crippen LogP contribution in [0.25, 0.3) is 0 Å². The second-order valence-corrected chi connectivity index (χ2v) is 4.49. The third-order valence-corrected chi connectivity index (χ3v) is 2.98. The normalized spacial score (nSPS) is 22.1. The minimum atomic E-state index is 0.270. The predicted octanol–water partition coefficient (Wildman–Crippen LogP) is 1.58. The summed E-state index contributed by atoms with van der Waals surface area (Å²) >= 11 is 5.88. The summed E-state index contributed by atoms with van der Waals surface area (Å²) in [6.45, 7) is 2.61. The molecule has 1 aromatic carbocycles. The minimum absolute atomic E-state index is 0.270. The SMILES string of the molecule is N[C@H]1CCN(Cc2cc(Cl)ccc2O)C1. The molecule has 1 aromatic rings. The van der Waals surface area contributed by atoms with Gasteiger partial charge in [-0.3, -0.25) is 4.90 Å². The Morgan fingerprint density at radius 1 is 1.53 bits per heavy atom. The van der Waals surface area contributed by atoms with Crippen LogP contribution in [0.1, 0.15) is 12.0 Å². The third-order valence-electron chi connectivity index (χ3n) is 2.74. The Labute approximate surface area is 94.4 Å². The van der Waals surface area contributed by atoms with Crippen LogP contribution in [-0.2, 0) is 6.54 Å². The van der Waals surface area contributed by atoms with Gasteiger partial charge in [-0.15, -0.1) is 0 Å². The van der Waals surface area contributed by atoms with Gasteiger partial charge in [-0.1, -0.05) is 11.6 Å². The van der Waals surface area contributed by atoms with Gasteiger partial charge in [-0.25, -0.2) is 0 Å². The number of phenolic OH excluding ortho intramolecular Hbond substituents is 1. The highest BCUT2D eigenvalue weighted by molar-refractivity contribution is 6.30. The third kappa shape index (κ3) is 2.62. The van der Waals surface area contributed by atoms with Crippen LogP contribution in [0.5, 0.6) is 5.75 Å². The number of halogens is 1. The maximum Gasteiger partial charge on any atom is 0.120 e. The monoisotopic (exact) mass is 226 g/mol. The first kappa shape index (κ1) is 10.7. The smallest absolute Gasteiger partial charge is 0.120 e. The molecule has 1 atom stereocenters. The zero-order chi connectivity index (χ0) is 10.8. The van der Waals surface area contributed by atoms with Crippen molar-refractivity contribution in [3.63, 3.8) is 0 Å². The van der Waals surface area contributed by atoms with Crippen LogP contribution < -0.4 is 5.73 Å². The van der Waals surface area contributed by atoms with Crippen LogP contribution in [0.3, 0.4) is 0 Å². The first-order valence-electron chi connectivity index (χ1n) is 5.10. The van der Waals surface area contributed by atoms with Crippen molar-refractivity contribution < 1.29 is 5.11 Å². The average molecular weight is 227 g/mol. The maximum absolute atomic E-state index is 9.64. The molecule has 1 saturated heterocycles. The van der Waals surface area contributed by atoms with Crippen LogP contribution in [-0.4, -0.2) is 29.1 Å². The van der Waals surface area contributed by atoms with Gasteiger partial charge in [0.2, 0.25) is 0 Å². The fraction of sp³-hybridized carbons (Fsp3) is 0.455. The van der Waals surface area contributed by atoms with Crippen molar-refractivity contribution in [3.05, 3.63) is 28.8 Å². The highest BCUT2D eigenvalue weighted by Crippen LogP contribution is 2.24. The maximum atomic E-state index is 9.64. The largest absolute Gasteiger partial charge is 0.508 e. The van der Waals surface area contributed by atoms with E-state index in [9.17, 15) is 5.11 Å². The lowest BCUT2D eigenvalue weighted by molar-refractivity contribution is 0.320. The molecule has 1 aliphatic heterocycles. The first-order chi connectivity index (χ1) is 7.15. The van der Waals surface area contributed by atoms with Gasteiger partial charge in [0.15, 0.2) is 0 Å². The fourth-order valence-electron chi connectivity index (χ4n) is 1.93. The number of phenols is 1. The first-order valence-corrected chi connectivity index (χ1v) is 5.48. The molecule has 0 aliphatic carbocycles. The van der Waals surface area contributed by atoms with Crippen molar-refractivity contribution in [1.82, 2.24) is 4.90 Å². The molecular weight excluding hydrogens is 212 g/mol.